The number of aliphatic hydroxyl groups is 1. The molecule has 2 nitrogen and oxygen atoms in total. The number of carbonyl (C=O) groups excluding carboxylic acids is 1. The Hall–Kier alpha value is -0.630. The fraction of sp³-hybridized carbons (Fsp3) is 0.833. The third-order valence-electron chi connectivity index (χ3n) is 6.12. The molecule has 0 aromatic carbocycles. The topological polar surface area (TPSA) is 37.3 Å². The molecular formula is C18H30O2. The quantitative estimate of drug-likeness (QED) is 0.771. The maximum absolute atomic E-state index is 11.3. The second-order valence-electron chi connectivity index (χ2n) is 8.24. The first kappa shape index (κ1) is 15.8. The van der Waals surface area contributed by atoms with Crippen LogP contribution in [0.1, 0.15) is 66.7 Å². The molecule has 2 aliphatic rings. The molecule has 2 rings (SSSR count). The van der Waals surface area contributed by atoms with Gasteiger partial charge in [0.25, 0.3) is 0 Å². The van der Waals surface area contributed by atoms with Crippen molar-refractivity contribution in [1.29, 1.82) is 0 Å². The van der Waals surface area contributed by atoms with Crippen LogP contribution in [0.15, 0.2) is 12.2 Å². The summed E-state index contributed by atoms with van der Waals surface area (Å²) in [5.74, 6) is 0.782. The van der Waals surface area contributed by atoms with Gasteiger partial charge in [0.05, 0.1) is 5.60 Å². The zero-order valence-corrected chi connectivity index (χ0v) is 13.7. The van der Waals surface area contributed by atoms with Crippen LogP contribution in [0.25, 0.3) is 0 Å². The van der Waals surface area contributed by atoms with E-state index in [2.05, 4.69) is 20.8 Å². The van der Waals surface area contributed by atoms with Gasteiger partial charge in [-0.25, -0.2) is 0 Å². The molecule has 2 aliphatic carbocycles. The smallest absolute Gasteiger partial charge is 0.152 e. The van der Waals surface area contributed by atoms with Gasteiger partial charge in [0.15, 0.2) is 5.78 Å². The lowest BCUT2D eigenvalue weighted by Crippen LogP contribution is -2.56. The van der Waals surface area contributed by atoms with Crippen LogP contribution in [-0.4, -0.2) is 16.5 Å². The molecule has 2 fully saturated rings. The summed E-state index contributed by atoms with van der Waals surface area (Å²) in [6.45, 7) is 10.6. The van der Waals surface area contributed by atoms with E-state index in [1.165, 1.54) is 12.8 Å². The molecule has 20 heavy (non-hydrogen) atoms. The molecule has 0 aliphatic heterocycles. The number of carbonyl (C=O) groups is 1. The minimum Gasteiger partial charge on any atom is -0.390 e. The van der Waals surface area contributed by atoms with Crippen LogP contribution < -0.4 is 0 Å². The van der Waals surface area contributed by atoms with Crippen molar-refractivity contribution in [3.63, 3.8) is 0 Å². The minimum atomic E-state index is -0.690. The van der Waals surface area contributed by atoms with E-state index in [9.17, 15) is 9.90 Å². The van der Waals surface area contributed by atoms with Gasteiger partial charge in [0.2, 0.25) is 0 Å². The van der Waals surface area contributed by atoms with Crippen molar-refractivity contribution in [2.24, 2.45) is 22.7 Å². The van der Waals surface area contributed by atoms with Gasteiger partial charge in [-0.05, 0) is 62.4 Å². The van der Waals surface area contributed by atoms with E-state index < -0.39 is 5.60 Å². The lowest BCUT2D eigenvalue weighted by atomic mass is 9.45. The van der Waals surface area contributed by atoms with Crippen LogP contribution in [-0.2, 0) is 4.79 Å². The number of rotatable bonds is 2. The van der Waals surface area contributed by atoms with Gasteiger partial charge < -0.3 is 5.11 Å². The summed E-state index contributed by atoms with van der Waals surface area (Å²) >= 11 is 0. The Morgan fingerprint density at radius 2 is 1.80 bits per heavy atom. The monoisotopic (exact) mass is 278 g/mol. The van der Waals surface area contributed by atoms with Crippen molar-refractivity contribution in [3.05, 3.63) is 12.2 Å². The maximum atomic E-state index is 11.3. The standard InChI is InChI=1S/C18H30O2/c1-13(19)7-8-15-17(4)11-6-10-16(2,3)14(17)9-12-18(15,5)20/h7-8,14-15,20H,6,9-12H2,1-5H3/b8-7+/t14-,15+,17+,18-/m1/s1. The molecule has 114 valence electrons. The SMILES string of the molecule is CC(=O)/C=C/[C@H]1[C@@]2(C)CCCC(C)(C)[C@H]2CC[C@@]1(C)O. The maximum Gasteiger partial charge on any atom is 0.152 e. The van der Waals surface area contributed by atoms with Gasteiger partial charge in [0, 0.05) is 5.92 Å². The van der Waals surface area contributed by atoms with E-state index in [1.807, 2.05) is 13.0 Å². The first-order chi connectivity index (χ1) is 9.09. The number of allylic oxidation sites excluding steroid dienone is 1. The Balaban J connectivity index is 2.40. The highest BCUT2D eigenvalue weighted by Gasteiger charge is 2.57. The van der Waals surface area contributed by atoms with Gasteiger partial charge in [-0.1, -0.05) is 33.3 Å². The van der Waals surface area contributed by atoms with Crippen molar-refractivity contribution < 1.29 is 9.90 Å². The van der Waals surface area contributed by atoms with Crippen molar-refractivity contribution >= 4 is 5.78 Å². The zero-order valence-electron chi connectivity index (χ0n) is 13.7. The van der Waals surface area contributed by atoms with Crippen LogP contribution in [0.5, 0.6) is 0 Å². The van der Waals surface area contributed by atoms with Crippen LogP contribution in [0.2, 0.25) is 0 Å². The number of hydrogen-bond acceptors (Lipinski definition) is 2. The molecule has 2 saturated carbocycles. The molecule has 0 radical (unpaired) electrons. The Labute approximate surface area is 123 Å². The third kappa shape index (κ3) is 2.59. The molecule has 0 amide bonds. The summed E-state index contributed by atoms with van der Waals surface area (Å²) in [4.78, 5) is 11.3. The second kappa shape index (κ2) is 4.98. The summed E-state index contributed by atoms with van der Waals surface area (Å²) in [6, 6.07) is 0. The highest BCUT2D eigenvalue weighted by molar-refractivity contribution is 5.87. The molecule has 0 spiro atoms. The number of ketones is 1. The van der Waals surface area contributed by atoms with Gasteiger partial charge in [-0.3, -0.25) is 4.79 Å². The van der Waals surface area contributed by atoms with Gasteiger partial charge in [-0.2, -0.15) is 0 Å². The van der Waals surface area contributed by atoms with Crippen molar-refractivity contribution in [2.75, 3.05) is 0 Å². The van der Waals surface area contributed by atoms with Crippen LogP contribution in [0.3, 0.4) is 0 Å². The molecule has 0 saturated heterocycles. The average Bonchev–Trinajstić information content (AvgIpc) is 2.25. The molecule has 0 aromatic rings. The summed E-state index contributed by atoms with van der Waals surface area (Å²) in [6.07, 6.45) is 9.25. The van der Waals surface area contributed by atoms with Gasteiger partial charge in [0.1, 0.15) is 0 Å². The highest BCUT2D eigenvalue weighted by Crippen LogP contribution is 2.62. The molecule has 0 unspecified atom stereocenters. The minimum absolute atomic E-state index is 0.0709. The van der Waals surface area contributed by atoms with Crippen LogP contribution in [0.4, 0.5) is 0 Å². The molecule has 2 heteroatoms. The summed E-state index contributed by atoms with van der Waals surface area (Å²) in [7, 11) is 0. The zero-order chi connectivity index (χ0) is 15.2. The lowest BCUT2D eigenvalue weighted by molar-refractivity contribution is -0.149. The van der Waals surface area contributed by atoms with E-state index in [0.717, 1.165) is 19.3 Å². The second-order valence-corrected chi connectivity index (χ2v) is 8.24. The van der Waals surface area contributed by atoms with Crippen molar-refractivity contribution in [3.8, 4) is 0 Å². The molecular weight excluding hydrogens is 248 g/mol. The van der Waals surface area contributed by atoms with Gasteiger partial charge >= 0.3 is 0 Å². The Bertz CT molecular complexity index is 419. The van der Waals surface area contributed by atoms with Crippen molar-refractivity contribution in [2.45, 2.75) is 72.3 Å². The van der Waals surface area contributed by atoms with Gasteiger partial charge in [-0.15, -0.1) is 0 Å². The van der Waals surface area contributed by atoms with E-state index in [1.54, 1.807) is 13.0 Å². The number of hydrogen-bond donors (Lipinski definition) is 1. The third-order valence-corrected chi connectivity index (χ3v) is 6.12. The summed E-state index contributed by atoms with van der Waals surface area (Å²) in [5.41, 5.74) is -0.244. The molecule has 1 N–H and O–H groups in total. The van der Waals surface area contributed by atoms with E-state index in [0.29, 0.717) is 11.3 Å². The molecule has 0 heterocycles. The lowest BCUT2D eigenvalue weighted by Gasteiger charge is -2.60. The predicted molar refractivity (Wildman–Crippen MR) is 82.4 cm³/mol. The first-order valence-electron chi connectivity index (χ1n) is 8.01. The Morgan fingerprint density at radius 1 is 1.15 bits per heavy atom. The normalized spacial score (nSPS) is 44.3. The fourth-order valence-corrected chi connectivity index (χ4v) is 5.22. The number of fused-ring (bicyclic) bond motifs is 1. The van der Waals surface area contributed by atoms with Crippen LogP contribution in [0, 0.1) is 22.7 Å². The fourth-order valence-electron chi connectivity index (χ4n) is 5.22. The molecule has 0 bridgehead atoms. The first-order valence-corrected chi connectivity index (χ1v) is 8.01. The van der Waals surface area contributed by atoms with Crippen LogP contribution >= 0.6 is 0 Å². The highest BCUT2D eigenvalue weighted by atomic mass is 16.3. The summed E-state index contributed by atoms with van der Waals surface area (Å²) in [5, 5.41) is 10.9. The Kier molecular flexibility index (Phi) is 3.92. The van der Waals surface area contributed by atoms with E-state index in [-0.39, 0.29) is 17.1 Å². The molecule has 4 atom stereocenters. The molecule has 0 aromatic heterocycles. The Morgan fingerprint density at radius 3 is 2.40 bits per heavy atom. The van der Waals surface area contributed by atoms with E-state index in [4.69, 9.17) is 0 Å². The van der Waals surface area contributed by atoms with Crippen molar-refractivity contribution in [1.82, 2.24) is 0 Å². The predicted octanol–water partition coefficient (Wildman–Crippen LogP) is 4.13. The summed E-state index contributed by atoms with van der Waals surface area (Å²) < 4.78 is 0. The average molecular weight is 278 g/mol. The largest absolute Gasteiger partial charge is 0.390 e. The van der Waals surface area contributed by atoms with E-state index >= 15 is 0 Å².